The summed E-state index contributed by atoms with van der Waals surface area (Å²) in [5.41, 5.74) is 5.73. The number of nitrogens with two attached hydrogens (primary N) is 1. The average molecular weight is 270 g/mol. The minimum Gasteiger partial charge on any atom is -0.378 e. The zero-order valence-corrected chi connectivity index (χ0v) is 12.7. The van der Waals surface area contributed by atoms with Gasteiger partial charge >= 0.3 is 0 Å². The van der Waals surface area contributed by atoms with Crippen molar-refractivity contribution in [3.8, 4) is 0 Å². The lowest BCUT2D eigenvalue weighted by atomic mass is 9.93. The predicted octanol–water partition coefficient (Wildman–Crippen LogP) is 1.93. The van der Waals surface area contributed by atoms with E-state index in [1.807, 2.05) is 0 Å². The van der Waals surface area contributed by atoms with Crippen molar-refractivity contribution in [2.24, 2.45) is 23.5 Å². The summed E-state index contributed by atoms with van der Waals surface area (Å²) in [6, 6.07) is 0. The normalized spacial score (nSPS) is 24.7. The highest BCUT2D eigenvalue weighted by molar-refractivity contribution is 5.76. The Morgan fingerprint density at radius 1 is 1.47 bits per heavy atom. The number of hydrogen-bond acceptors (Lipinski definition) is 3. The number of amides is 1. The Hall–Kier alpha value is -0.610. The van der Waals surface area contributed by atoms with Crippen LogP contribution < -0.4 is 11.1 Å². The SMILES string of the molecule is CCC1OCCC1CNC(=O)CC(CN)CC(C)C. The van der Waals surface area contributed by atoms with E-state index in [2.05, 4.69) is 26.1 Å². The van der Waals surface area contributed by atoms with Gasteiger partial charge in [-0.05, 0) is 37.6 Å². The largest absolute Gasteiger partial charge is 0.378 e. The molecule has 0 aromatic heterocycles. The lowest BCUT2D eigenvalue weighted by Crippen LogP contribution is -2.34. The third kappa shape index (κ3) is 5.91. The second kappa shape index (κ2) is 8.54. The summed E-state index contributed by atoms with van der Waals surface area (Å²) in [6.45, 7) is 8.65. The average Bonchev–Trinajstić information content (AvgIpc) is 2.82. The maximum Gasteiger partial charge on any atom is 0.220 e. The quantitative estimate of drug-likeness (QED) is 0.708. The van der Waals surface area contributed by atoms with Gasteiger partial charge in [-0.15, -0.1) is 0 Å². The summed E-state index contributed by atoms with van der Waals surface area (Å²) in [5, 5.41) is 3.05. The lowest BCUT2D eigenvalue weighted by Gasteiger charge is -2.19. The van der Waals surface area contributed by atoms with Gasteiger partial charge in [0.05, 0.1) is 6.10 Å². The van der Waals surface area contributed by atoms with Gasteiger partial charge in [0.15, 0.2) is 0 Å². The van der Waals surface area contributed by atoms with Crippen LogP contribution in [-0.2, 0) is 9.53 Å². The molecule has 1 fully saturated rings. The van der Waals surface area contributed by atoms with Gasteiger partial charge in [-0.1, -0.05) is 20.8 Å². The van der Waals surface area contributed by atoms with Gasteiger partial charge in [-0.25, -0.2) is 0 Å². The van der Waals surface area contributed by atoms with Crippen LogP contribution >= 0.6 is 0 Å². The second-order valence-corrected chi connectivity index (χ2v) is 6.11. The molecule has 1 amide bonds. The van der Waals surface area contributed by atoms with Gasteiger partial charge < -0.3 is 15.8 Å². The second-order valence-electron chi connectivity index (χ2n) is 6.11. The van der Waals surface area contributed by atoms with Crippen molar-refractivity contribution in [2.75, 3.05) is 19.7 Å². The molecule has 3 unspecified atom stereocenters. The molecule has 1 saturated heterocycles. The predicted molar refractivity (Wildman–Crippen MR) is 77.8 cm³/mol. The summed E-state index contributed by atoms with van der Waals surface area (Å²) < 4.78 is 5.63. The smallest absolute Gasteiger partial charge is 0.220 e. The van der Waals surface area contributed by atoms with Gasteiger partial charge in [0.1, 0.15) is 0 Å². The molecule has 0 aliphatic carbocycles. The number of carbonyl (C=O) groups is 1. The maximum absolute atomic E-state index is 11.9. The molecule has 0 aromatic rings. The molecule has 3 atom stereocenters. The van der Waals surface area contributed by atoms with Gasteiger partial charge in [-0.2, -0.15) is 0 Å². The Bertz CT molecular complexity index is 269. The fourth-order valence-electron chi connectivity index (χ4n) is 2.89. The molecule has 3 N–H and O–H groups in total. The van der Waals surface area contributed by atoms with Crippen LogP contribution in [0.1, 0.15) is 46.5 Å². The van der Waals surface area contributed by atoms with E-state index in [9.17, 15) is 4.79 Å². The van der Waals surface area contributed by atoms with Crippen LogP contribution in [0.5, 0.6) is 0 Å². The topological polar surface area (TPSA) is 64.3 Å². The monoisotopic (exact) mass is 270 g/mol. The summed E-state index contributed by atoms with van der Waals surface area (Å²) in [5.74, 6) is 1.52. The van der Waals surface area contributed by atoms with Gasteiger partial charge in [0, 0.05) is 25.5 Å². The molecule has 1 rings (SSSR count). The van der Waals surface area contributed by atoms with E-state index in [1.54, 1.807) is 0 Å². The number of ether oxygens (including phenoxy) is 1. The summed E-state index contributed by atoms with van der Waals surface area (Å²) >= 11 is 0. The van der Waals surface area contributed by atoms with Crippen LogP contribution in [0.4, 0.5) is 0 Å². The van der Waals surface area contributed by atoms with Crippen molar-refractivity contribution in [3.05, 3.63) is 0 Å². The molecule has 0 aromatic carbocycles. The van der Waals surface area contributed by atoms with Crippen molar-refractivity contribution >= 4 is 5.91 Å². The Balaban J connectivity index is 2.26. The first kappa shape index (κ1) is 16.4. The molecule has 0 saturated carbocycles. The third-order valence-corrected chi connectivity index (χ3v) is 3.92. The zero-order chi connectivity index (χ0) is 14.3. The van der Waals surface area contributed by atoms with Crippen LogP contribution in [0.15, 0.2) is 0 Å². The molecule has 112 valence electrons. The number of nitrogens with one attached hydrogen (secondary N) is 1. The number of carbonyl (C=O) groups excluding carboxylic acids is 1. The van der Waals surface area contributed by atoms with Crippen molar-refractivity contribution in [2.45, 2.75) is 52.6 Å². The molecule has 0 spiro atoms. The standard InChI is InChI=1S/C15H30N2O2/c1-4-14-13(5-6-19-14)10-17-15(18)8-12(9-16)7-11(2)3/h11-14H,4-10,16H2,1-3H3,(H,17,18). The first-order valence-corrected chi connectivity index (χ1v) is 7.65. The zero-order valence-electron chi connectivity index (χ0n) is 12.7. The van der Waals surface area contributed by atoms with E-state index in [1.165, 1.54) is 0 Å². The number of hydrogen-bond donors (Lipinski definition) is 2. The van der Waals surface area contributed by atoms with E-state index in [0.29, 0.717) is 36.8 Å². The molecule has 4 nitrogen and oxygen atoms in total. The summed E-state index contributed by atoms with van der Waals surface area (Å²) in [4.78, 5) is 11.9. The molecule has 4 heteroatoms. The van der Waals surface area contributed by atoms with Gasteiger partial charge in [-0.3, -0.25) is 4.79 Å². The molecular formula is C15H30N2O2. The van der Waals surface area contributed by atoms with E-state index in [4.69, 9.17) is 10.5 Å². The summed E-state index contributed by atoms with van der Waals surface area (Å²) in [6.07, 6.45) is 3.98. The molecule has 1 aliphatic rings. The Labute approximate surface area is 117 Å². The van der Waals surface area contributed by atoms with Crippen LogP contribution in [0.25, 0.3) is 0 Å². The first-order chi connectivity index (χ1) is 9.06. The summed E-state index contributed by atoms with van der Waals surface area (Å²) in [7, 11) is 0. The Morgan fingerprint density at radius 3 is 2.79 bits per heavy atom. The Morgan fingerprint density at radius 2 is 2.21 bits per heavy atom. The van der Waals surface area contributed by atoms with E-state index in [-0.39, 0.29) is 5.91 Å². The van der Waals surface area contributed by atoms with Crippen molar-refractivity contribution < 1.29 is 9.53 Å². The van der Waals surface area contributed by atoms with Crippen LogP contribution in [0.3, 0.4) is 0 Å². The van der Waals surface area contributed by atoms with Crippen molar-refractivity contribution in [1.29, 1.82) is 0 Å². The number of rotatable bonds is 8. The first-order valence-electron chi connectivity index (χ1n) is 7.65. The fraction of sp³-hybridized carbons (Fsp3) is 0.933. The lowest BCUT2D eigenvalue weighted by molar-refractivity contribution is -0.122. The molecule has 0 bridgehead atoms. The fourth-order valence-corrected chi connectivity index (χ4v) is 2.89. The van der Waals surface area contributed by atoms with Crippen LogP contribution in [0, 0.1) is 17.8 Å². The molecule has 1 aliphatic heterocycles. The molecule has 0 radical (unpaired) electrons. The van der Waals surface area contributed by atoms with Crippen molar-refractivity contribution in [1.82, 2.24) is 5.32 Å². The highest BCUT2D eigenvalue weighted by Crippen LogP contribution is 2.22. The highest BCUT2D eigenvalue weighted by atomic mass is 16.5. The van der Waals surface area contributed by atoms with Gasteiger partial charge in [0.2, 0.25) is 5.91 Å². The van der Waals surface area contributed by atoms with E-state index < -0.39 is 0 Å². The minimum absolute atomic E-state index is 0.137. The minimum atomic E-state index is 0.137. The van der Waals surface area contributed by atoms with Gasteiger partial charge in [0.25, 0.3) is 0 Å². The molecular weight excluding hydrogens is 240 g/mol. The van der Waals surface area contributed by atoms with Crippen LogP contribution in [-0.4, -0.2) is 31.7 Å². The van der Waals surface area contributed by atoms with E-state index in [0.717, 1.165) is 32.4 Å². The van der Waals surface area contributed by atoms with Crippen LogP contribution in [0.2, 0.25) is 0 Å². The maximum atomic E-state index is 11.9. The highest BCUT2D eigenvalue weighted by Gasteiger charge is 2.27. The molecule has 19 heavy (non-hydrogen) atoms. The molecule has 1 heterocycles. The Kier molecular flexibility index (Phi) is 7.39. The van der Waals surface area contributed by atoms with Crippen molar-refractivity contribution in [3.63, 3.8) is 0 Å². The third-order valence-electron chi connectivity index (χ3n) is 3.92. The van der Waals surface area contributed by atoms with E-state index >= 15 is 0 Å².